The zero-order valence-corrected chi connectivity index (χ0v) is 12.1. The van der Waals surface area contributed by atoms with Crippen LogP contribution in [0.2, 0.25) is 0 Å². The summed E-state index contributed by atoms with van der Waals surface area (Å²) in [5.74, 6) is 1.23. The van der Waals surface area contributed by atoms with Gasteiger partial charge in [0, 0.05) is 18.6 Å². The number of aromatic hydroxyl groups is 1. The van der Waals surface area contributed by atoms with Crippen LogP contribution in [-0.4, -0.2) is 23.1 Å². The number of phenolic OH excluding ortho intramolecular Hbond substituents is 1. The number of anilines is 1. The van der Waals surface area contributed by atoms with Crippen LogP contribution in [0.25, 0.3) is 21.9 Å². The first kappa shape index (κ1) is 13.9. The number of nitrogens with zero attached hydrogens (tertiary/aromatic N) is 2. The molecule has 0 saturated heterocycles. The summed E-state index contributed by atoms with van der Waals surface area (Å²) in [6, 6.07) is 15.1. The minimum Gasteiger partial charge on any atom is -0.508 e. The molecule has 0 radical (unpaired) electrons. The van der Waals surface area contributed by atoms with E-state index in [2.05, 4.69) is 15.3 Å². The number of hydrogen-bond acceptors (Lipinski definition) is 3. The van der Waals surface area contributed by atoms with Crippen LogP contribution < -0.4 is 11.1 Å². The molecule has 4 N–H and O–H groups in total. The average molecular weight is 292 g/mol. The lowest BCUT2D eigenvalue weighted by Gasteiger charge is -2.09. The standard InChI is InChI=1S/C17H16N4O/c1-19-17(18)21-16-15-10-13(3-2-12(15)8-9-20-16)11-4-6-14(22)7-5-11/h2-10,22H,1H3,(H3,18,19,20,21). The Hall–Kier alpha value is -3.08. The van der Waals surface area contributed by atoms with Crippen molar-refractivity contribution in [1.29, 1.82) is 0 Å². The number of aliphatic imine (C=N–C) groups is 1. The highest BCUT2D eigenvalue weighted by Crippen LogP contribution is 2.28. The highest BCUT2D eigenvalue weighted by Gasteiger charge is 2.06. The van der Waals surface area contributed by atoms with Gasteiger partial charge in [0.2, 0.25) is 0 Å². The molecule has 3 rings (SSSR count). The molecular weight excluding hydrogens is 276 g/mol. The van der Waals surface area contributed by atoms with Crippen LogP contribution in [0.15, 0.2) is 59.7 Å². The Labute approximate surface area is 128 Å². The quantitative estimate of drug-likeness (QED) is 0.501. The van der Waals surface area contributed by atoms with Crippen LogP contribution in [-0.2, 0) is 0 Å². The summed E-state index contributed by atoms with van der Waals surface area (Å²) in [6.45, 7) is 0. The SMILES string of the molecule is CN=C(N)Nc1nccc2ccc(-c3ccc(O)cc3)cc12. The molecule has 0 aliphatic rings. The number of fused-ring (bicyclic) bond motifs is 1. The average Bonchev–Trinajstić information content (AvgIpc) is 2.55. The molecule has 0 amide bonds. The normalized spacial score (nSPS) is 11.6. The molecule has 110 valence electrons. The molecule has 3 aromatic rings. The van der Waals surface area contributed by atoms with Crippen LogP contribution in [0.1, 0.15) is 0 Å². The number of phenols is 1. The van der Waals surface area contributed by atoms with E-state index in [1.807, 2.05) is 36.4 Å². The Morgan fingerprint density at radius 1 is 1.09 bits per heavy atom. The van der Waals surface area contributed by atoms with Gasteiger partial charge in [0.25, 0.3) is 0 Å². The number of rotatable bonds is 2. The second-order valence-electron chi connectivity index (χ2n) is 4.88. The van der Waals surface area contributed by atoms with Gasteiger partial charge in [-0.2, -0.15) is 0 Å². The van der Waals surface area contributed by atoms with Gasteiger partial charge in [0.15, 0.2) is 5.96 Å². The first-order valence-corrected chi connectivity index (χ1v) is 6.85. The van der Waals surface area contributed by atoms with E-state index in [4.69, 9.17) is 5.73 Å². The van der Waals surface area contributed by atoms with Crippen molar-refractivity contribution < 1.29 is 5.11 Å². The van der Waals surface area contributed by atoms with Crippen molar-refractivity contribution >= 4 is 22.5 Å². The monoisotopic (exact) mass is 292 g/mol. The summed E-state index contributed by atoms with van der Waals surface area (Å²) in [7, 11) is 1.62. The van der Waals surface area contributed by atoms with Crippen molar-refractivity contribution in [3.05, 3.63) is 54.7 Å². The van der Waals surface area contributed by atoms with Gasteiger partial charge >= 0.3 is 0 Å². The first-order valence-electron chi connectivity index (χ1n) is 6.85. The van der Waals surface area contributed by atoms with Crippen LogP contribution in [0.3, 0.4) is 0 Å². The molecule has 5 heteroatoms. The van der Waals surface area contributed by atoms with Crippen molar-refractivity contribution in [2.75, 3.05) is 12.4 Å². The number of hydrogen-bond donors (Lipinski definition) is 3. The lowest BCUT2D eigenvalue weighted by Crippen LogP contribution is -2.22. The fraction of sp³-hybridized carbons (Fsp3) is 0.0588. The van der Waals surface area contributed by atoms with Gasteiger partial charge in [-0.1, -0.05) is 24.3 Å². The largest absolute Gasteiger partial charge is 0.508 e. The third kappa shape index (κ3) is 2.69. The van der Waals surface area contributed by atoms with E-state index in [1.54, 1.807) is 25.4 Å². The Morgan fingerprint density at radius 2 is 1.82 bits per heavy atom. The molecule has 0 fully saturated rings. The Morgan fingerprint density at radius 3 is 2.55 bits per heavy atom. The van der Waals surface area contributed by atoms with E-state index in [-0.39, 0.29) is 5.75 Å². The molecule has 22 heavy (non-hydrogen) atoms. The summed E-state index contributed by atoms with van der Waals surface area (Å²) in [6.07, 6.45) is 1.73. The van der Waals surface area contributed by atoms with Gasteiger partial charge in [-0.05, 0) is 40.8 Å². The zero-order chi connectivity index (χ0) is 15.5. The number of aromatic nitrogens is 1. The fourth-order valence-electron chi connectivity index (χ4n) is 2.28. The van der Waals surface area contributed by atoms with Gasteiger partial charge in [0.05, 0.1) is 0 Å². The maximum absolute atomic E-state index is 9.40. The summed E-state index contributed by atoms with van der Waals surface area (Å²) >= 11 is 0. The number of benzene rings is 2. The number of guanidine groups is 1. The summed E-state index contributed by atoms with van der Waals surface area (Å²) in [5, 5.41) is 14.4. The van der Waals surface area contributed by atoms with Crippen molar-refractivity contribution in [2.24, 2.45) is 10.7 Å². The van der Waals surface area contributed by atoms with Crippen molar-refractivity contribution in [1.82, 2.24) is 4.98 Å². The summed E-state index contributed by atoms with van der Waals surface area (Å²) in [4.78, 5) is 8.23. The Balaban J connectivity index is 2.11. The maximum Gasteiger partial charge on any atom is 0.194 e. The highest BCUT2D eigenvalue weighted by atomic mass is 16.3. The molecule has 0 saturated carbocycles. The maximum atomic E-state index is 9.40. The third-order valence-electron chi connectivity index (χ3n) is 3.45. The van der Waals surface area contributed by atoms with Gasteiger partial charge in [0.1, 0.15) is 11.6 Å². The molecule has 5 nitrogen and oxygen atoms in total. The molecule has 0 aliphatic heterocycles. The molecule has 0 spiro atoms. The molecule has 0 unspecified atom stereocenters. The van der Waals surface area contributed by atoms with Crippen LogP contribution in [0.4, 0.5) is 5.82 Å². The van der Waals surface area contributed by atoms with Crippen molar-refractivity contribution in [2.45, 2.75) is 0 Å². The second kappa shape index (κ2) is 5.73. The molecule has 0 bridgehead atoms. The smallest absolute Gasteiger partial charge is 0.194 e. The van der Waals surface area contributed by atoms with Gasteiger partial charge < -0.3 is 16.2 Å². The van der Waals surface area contributed by atoms with E-state index in [0.717, 1.165) is 21.9 Å². The molecule has 1 aromatic heterocycles. The molecular formula is C17H16N4O. The van der Waals surface area contributed by atoms with Crippen LogP contribution in [0.5, 0.6) is 5.75 Å². The first-order chi connectivity index (χ1) is 10.7. The topological polar surface area (TPSA) is 83.5 Å². The minimum absolute atomic E-state index is 0.250. The van der Waals surface area contributed by atoms with E-state index < -0.39 is 0 Å². The van der Waals surface area contributed by atoms with Crippen LogP contribution in [0, 0.1) is 0 Å². The molecule has 0 atom stereocenters. The number of nitrogens with two attached hydrogens (primary N) is 1. The van der Waals surface area contributed by atoms with Crippen molar-refractivity contribution in [3.63, 3.8) is 0 Å². The van der Waals surface area contributed by atoms with Gasteiger partial charge in [-0.15, -0.1) is 0 Å². The lowest BCUT2D eigenvalue weighted by atomic mass is 10.0. The van der Waals surface area contributed by atoms with Gasteiger partial charge in [-0.25, -0.2) is 4.98 Å². The second-order valence-corrected chi connectivity index (χ2v) is 4.88. The minimum atomic E-state index is 0.250. The lowest BCUT2D eigenvalue weighted by molar-refractivity contribution is 0.475. The van der Waals surface area contributed by atoms with Crippen LogP contribution >= 0.6 is 0 Å². The Kier molecular flexibility index (Phi) is 3.62. The molecule has 0 aliphatic carbocycles. The van der Waals surface area contributed by atoms with E-state index >= 15 is 0 Å². The zero-order valence-electron chi connectivity index (χ0n) is 12.1. The summed E-state index contributed by atoms with van der Waals surface area (Å²) < 4.78 is 0. The van der Waals surface area contributed by atoms with Gasteiger partial charge in [-0.3, -0.25) is 4.99 Å². The highest BCUT2D eigenvalue weighted by molar-refractivity contribution is 6.02. The van der Waals surface area contributed by atoms with E-state index in [0.29, 0.717) is 11.8 Å². The number of pyridine rings is 1. The van der Waals surface area contributed by atoms with E-state index in [1.165, 1.54) is 0 Å². The predicted octanol–water partition coefficient (Wildman–Crippen LogP) is 2.96. The molecule has 2 aromatic carbocycles. The third-order valence-corrected chi connectivity index (χ3v) is 3.45. The van der Waals surface area contributed by atoms with E-state index in [9.17, 15) is 5.11 Å². The predicted molar refractivity (Wildman–Crippen MR) is 90.0 cm³/mol. The summed E-state index contributed by atoms with van der Waals surface area (Å²) in [5.41, 5.74) is 7.79. The fourth-order valence-corrected chi connectivity index (χ4v) is 2.28. The molecule has 1 heterocycles. The number of nitrogens with one attached hydrogen (secondary N) is 1. The van der Waals surface area contributed by atoms with Crippen molar-refractivity contribution in [3.8, 4) is 16.9 Å². The Bertz CT molecular complexity index is 841.